The Kier molecular flexibility index (Phi) is 69.4. The summed E-state index contributed by atoms with van der Waals surface area (Å²) in [7, 11) is 0. The first-order valence-corrected chi connectivity index (χ1v) is 37.1. The molecule has 2 atom stereocenters. The Morgan fingerprint density at radius 3 is 0.877 bits per heavy atom. The maximum atomic E-state index is 12.5. The van der Waals surface area contributed by atoms with E-state index in [9.17, 15) is 19.8 Å². The first kappa shape index (κ1) is 79.3. The zero-order chi connectivity index (χ0) is 58.5. The largest absolute Gasteiger partial charge is 0.466 e. The van der Waals surface area contributed by atoms with Crippen molar-refractivity contribution in [1.29, 1.82) is 0 Å². The van der Waals surface area contributed by atoms with Gasteiger partial charge >= 0.3 is 5.97 Å². The lowest BCUT2D eigenvalue weighted by Gasteiger charge is -2.20. The quantitative estimate of drug-likeness (QED) is 0.0320. The molecule has 0 bridgehead atoms. The van der Waals surface area contributed by atoms with E-state index in [4.69, 9.17) is 4.74 Å². The van der Waals surface area contributed by atoms with Crippen molar-refractivity contribution in [3.63, 3.8) is 0 Å². The maximum Gasteiger partial charge on any atom is 0.305 e. The number of hydrogen-bond donors (Lipinski definition) is 3. The number of aliphatic hydroxyl groups excluding tert-OH is 2. The lowest BCUT2D eigenvalue weighted by Crippen LogP contribution is -2.45. The summed E-state index contributed by atoms with van der Waals surface area (Å²) in [6, 6.07) is -0.623. The average molecular weight is 1140 g/mol. The van der Waals surface area contributed by atoms with Gasteiger partial charge in [-0.2, -0.15) is 0 Å². The van der Waals surface area contributed by atoms with Crippen molar-refractivity contribution in [2.45, 2.75) is 431 Å². The average Bonchev–Trinajstić information content (AvgIpc) is 3.47. The molecule has 0 aliphatic rings. The number of aliphatic hydroxyl groups is 2. The van der Waals surface area contributed by atoms with E-state index in [2.05, 4.69) is 31.3 Å². The maximum absolute atomic E-state index is 12.5. The van der Waals surface area contributed by atoms with Gasteiger partial charge in [0.2, 0.25) is 5.91 Å². The fourth-order valence-corrected chi connectivity index (χ4v) is 11.8. The normalized spacial score (nSPS) is 12.6. The summed E-state index contributed by atoms with van der Waals surface area (Å²) in [5, 5.41) is 23.2. The number of carbonyl (C=O) groups excluding carboxylic acids is 2. The summed E-state index contributed by atoms with van der Waals surface area (Å²) < 4.78 is 5.50. The highest BCUT2D eigenvalue weighted by atomic mass is 16.5. The van der Waals surface area contributed by atoms with Crippen LogP contribution in [0.5, 0.6) is 0 Å². The third kappa shape index (κ3) is 67.3. The molecule has 0 spiro atoms. The molecule has 6 nitrogen and oxygen atoms in total. The van der Waals surface area contributed by atoms with Gasteiger partial charge in [0.1, 0.15) is 0 Å². The van der Waals surface area contributed by atoms with E-state index in [1.165, 1.54) is 347 Å². The molecule has 0 heterocycles. The molecule has 0 saturated carbocycles. The van der Waals surface area contributed by atoms with Gasteiger partial charge < -0.3 is 20.3 Å². The van der Waals surface area contributed by atoms with E-state index in [-0.39, 0.29) is 18.5 Å². The number of unbranched alkanes of at least 4 members (excludes halogenated alkanes) is 57. The molecule has 0 aromatic carbocycles. The molecule has 480 valence electrons. The van der Waals surface area contributed by atoms with Crippen LogP contribution in [-0.4, -0.2) is 47.4 Å². The van der Waals surface area contributed by atoms with Gasteiger partial charge in [-0.25, -0.2) is 0 Å². The minimum atomic E-state index is -0.840. The molecule has 0 saturated heterocycles. The fourth-order valence-electron chi connectivity index (χ4n) is 11.8. The second kappa shape index (κ2) is 70.8. The Labute approximate surface area is 507 Å². The monoisotopic (exact) mass is 1140 g/mol. The number of amides is 1. The lowest BCUT2D eigenvalue weighted by molar-refractivity contribution is -0.143. The van der Waals surface area contributed by atoms with Crippen molar-refractivity contribution in [1.82, 2.24) is 5.32 Å². The highest BCUT2D eigenvalue weighted by Gasteiger charge is 2.18. The summed E-state index contributed by atoms with van der Waals surface area (Å²) in [6.45, 7) is 4.93. The number of hydrogen-bond acceptors (Lipinski definition) is 5. The Balaban J connectivity index is 3.31. The van der Waals surface area contributed by atoms with Crippen LogP contribution >= 0.6 is 0 Å². The lowest BCUT2D eigenvalue weighted by atomic mass is 10.0. The Morgan fingerprint density at radius 1 is 0.333 bits per heavy atom. The number of esters is 1. The molecule has 0 radical (unpaired) electrons. The Bertz CT molecular complexity index is 1270. The fraction of sp³-hybridized carbons (Fsp3) is 0.920. The van der Waals surface area contributed by atoms with Crippen LogP contribution in [0.25, 0.3) is 0 Å². The minimum Gasteiger partial charge on any atom is -0.466 e. The van der Waals surface area contributed by atoms with Gasteiger partial charge in [0.25, 0.3) is 0 Å². The first-order chi connectivity index (χ1) is 40.0. The van der Waals surface area contributed by atoms with Crippen LogP contribution in [-0.2, 0) is 14.3 Å². The molecular weight excluding hydrogens is 995 g/mol. The van der Waals surface area contributed by atoms with Crippen molar-refractivity contribution >= 4 is 11.9 Å². The van der Waals surface area contributed by atoms with Crippen molar-refractivity contribution in [3.8, 4) is 0 Å². The van der Waals surface area contributed by atoms with E-state index < -0.39 is 12.1 Å². The molecule has 0 aliphatic carbocycles. The highest BCUT2D eigenvalue weighted by Crippen LogP contribution is 2.19. The van der Waals surface area contributed by atoms with Gasteiger partial charge in [0, 0.05) is 12.8 Å². The molecule has 0 rings (SSSR count). The van der Waals surface area contributed by atoms with E-state index in [1.807, 2.05) is 6.08 Å². The molecule has 0 fully saturated rings. The van der Waals surface area contributed by atoms with Crippen molar-refractivity contribution in [3.05, 3.63) is 24.3 Å². The van der Waals surface area contributed by atoms with E-state index >= 15 is 0 Å². The summed E-state index contributed by atoms with van der Waals surface area (Å²) in [5.41, 5.74) is 0. The summed E-state index contributed by atoms with van der Waals surface area (Å²) >= 11 is 0. The van der Waals surface area contributed by atoms with Crippen LogP contribution in [0.1, 0.15) is 418 Å². The SMILES string of the molecule is CCCCCCCC/C=C\CCCCCCCC(=O)OCCCCCCCCCCCCCCCCCCCCCCCCCCCCCCCCCCCCCC(=O)NC(CO)C(O)/C=C/CCCCCCCCCCCCCC. The molecule has 2 unspecified atom stereocenters. The standard InChI is InChI=1S/C75H145NO5/c1-3-5-7-9-11-13-15-17-40-45-49-53-57-61-65-69-75(80)81-70-66-62-58-54-50-46-42-39-37-35-33-31-29-27-25-23-21-19-20-22-24-26-28-30-32-34-36-38-41-44-48-52-56-60-64-68-74(79)76-72(71-77)73(78)67-63-59-55-51-47-43-18-16-14-12-10-8-6-4-2/h17,40,63,67,72-73,77-78H,3-16,18-39,41-62,64-66,68-71H2,1-2H3,(H,76,79)/b40-17-,67-63+. The predicted molar refractivity (Wildman–Crippen MR) is 356 cm³/mol. The molecule has 81 heavy (non-hydrogen) atoms. The van der Waals surface area contributed by atoms with Crippen LogP contribution in [0.2, 0.25) is 0 Å². The molecule has 0 aromatic heterocycles. The van der Waals surface area contributed by atoms with Crippen molar-refractivity contribution in [2.24, 2.45) is 0 Å². The number of allylic oxidation sites excluding steroid dienone is 3. The second-order valence-corrected chi connectivity index (χ2v) is 25.6. The topological polar surface area (TPSA) is 95.9 Å². The molecule has 6 heteroatoms. The highest BCUT2D eigenvalue weighted by molar-refractivity contribution is 5.76. The van der Waals surface area contributed by atoms with Crippen LogP contribution in [0, 0.1) is 0 Å². The molecule has 3 N–H and O–H groups in total. The van der Waals surface area contributed by atoms with Gasteiger partial charge in [-0.3, -0.25) is 9.59 Å². The van der Waals surface area contributed by atoms with Crippen molar-refractivity contribution < 1.29 is 24.5 Å². The van der Waals surface area contributed by atoms with Crippen LogP contribution in [0.4, 0.5) is 0 Å². The van der Waals surface area contributed by atoms with Gasteiger partial charge in [-0.15, -0.1) is 0 Å². The van der Waals surface area contributed by atoms with Gasteiger partial charge in [0.05, 0.1) is 25.4 Å². The van der Waals surface area contributed by atoms with E-state index in [0.717, 1.165) is 44.9 Å². The van der Waals surface area contributed by atoms with E-state index in [1.54, 1.807) is 6.08 Å². The van der Waals surface area contributed by atoms with Crippen LogP contribution in [0.3, 0.4) is 0 Å². The molecular formula is C75H145NO5. The molecule has 0 aliphatic heterocycles. The third-order valence-corrected chi connectivity index (χ3v) is 17.5. The van der Waals surface area contributed by atoms with Crippen LogP contribution in [0.15, 0.2) is 24.3 Å². The number of rotatable bonds is 70. The first-order valence-electron chi connectivity index (χ1n) is 37.1. The molecule has 0 aromatic rings. The summed E-state index contributed by atoms with van der Waals surface area (Å²) in [4.78, 5) is 24.6. The number of nitrogens with one attached hydrogen (secondary N) is 1. The summed E-state index contributed by atoms with van der Waals surface area (Å²) in [5.74, 6) is -0.0453. The smallest absolute Gasteiger partial charge is 0.305 e. The van der Waals surface area contributed by atoms with Crippen molar-refractivity contribution in [2.75, 3.05) is 13.2 Å². The van der Waals surface area contributed by atoms with Crippen LogP contribution < -0.4 is 5.32 Å². The van der Waals surface area contributed by atoms with E-state index in [0.29, 0.717) is 19.4 Å². The van der Waals surface area contributed by atoms with Gasteiger partial charge in [0.15, 0.2) is 0 Å². The Hall–Kier alpha value is -1.66. The number of carbonyl (C=O) groups is 2. The van der Waals surface area contributed by atoms with Gasteiger partial charge in [-0.1, -0.05) is 372 Å². The predicted octanol–water partition coefficient (Wildman–Crippen LogP) is 24.1. The third-order valence-electron chi connectivity index (χ3n) is 17.5. The van der Waals surface area contributed by atoms with Gasteiger partial charge in [-0.05, 0) is 57.8 Å². The molecule has 1 amide bonds. The minimum absolute atomic E-state index is 0.0151. The summed E-state index contributed by atoms with van der Waals surface area (Å²) in [6.07, 6.45) is 90.0. The Morgan fingerprint density at radius 2 is 0.580 bits per heavy atom. The second-order valence-electron chi connectivity index (χ2n) is 25.6. The number of ether oxygens (including phenoxy) is 1. The zero-order valence-electron chi connectivity index (χ0n) is 55.0. The zero-order valence-corrected chi connectivity index (χ0v) is 55.0.